The van der Waals surface area contributed by atoms with Crippen molar-refractivity contribution in [1.82, 2.24) is 5.32 Å². The molecule has 2 rings (SSSR count). The molecule has 2 unspecified atom stereocenters. The maximum absolute atomic E-state index is 12.2. The number of carbonyl (C=O) groups is 1. The Bertz CT molecular complexity index is 321. The van der Waals surface area contributed by atoms with E-state index in [0.717, 1.165) is 25.8 Å². The summed E-state index contributed by atoms with van der Waals surface area (Å²) < 4.78 is 0. The summed E-state index contributed by atoms with van der Waals surface area (Å²) in [4.78, 5) is 12.2. The zero-order chi connectivity index (χ0) is 13.6. The summed E-state index contributed by atoms with van der Waals surface area (Å²) in [5.74, 6) is 0.818. The molecule has 0 radical (unpaired) electrons. The SMILES string of the molecule is CC1(C)C(CNC(=O)C2CCCCC2N)C1(C)C. The topological polar surface area (TPSA) is 55.1 Å². The van der Waals surface area contributed by atoms with Crippen LogP contribution in [0, 0.1) is 22.7 Å². The van der Waals surface area contributed by atoms with Crippen LogP contribution in [0.3, 0.4) is 0 Å². The molecule has 0 aromatic heterocycles. The lowest BCUT2D eigenvalue weighted by atomic mass is 9.84. The second-order valence-electron chi connectivity index (χ2n) is 7.30. The molecular weight excluding hydrogens is 224 g/mol. The summed E-state index contributed by atoms with van der Waals surface area (Å²) in [6, 6.07) is 0.0685. The molecule has 3 N–H and O–H groups in total. The predicted octanol–water partition coefficient (Wildman–Crippen LogP) is 2.30. The van der Waals surface area contributed by atoms with E-state index in [1.165, 1.54) is 6.42 Å². The standard InChI is InChI=1S/C15H28N2O/c1-14(2)12(15(14,3)4)9-17-13(18)10-7-5-6-8-11(10)16/h10-12H,5-9,16H2,1-4H3,(H,17,18). The van der Waals surface area contributed by atoms with E-state index in [1.807, 2.05) is 0 Å². The Labute approximate surface area is 111 Å². The molecule has 0 aromatic carbocycles. The molecule has 2 fully saturated rings. The van der Waals surface area contributed by atoms with Crippen LogP contribution in [0.15, 0.2) is 0 Å². The summed E-state index contributed by atoms with van der Waals surface area (Å²) in [5.41, 5.74) is 6.73. The van der Waals surface area contributed by atoms with E-state index in [2.05, 4.69) is 33.0 Å². The zero-order valence-corrected chi connectivity index (χ0v) is 12.3. The third kappa shape index (κ3) is 2.18. The minimum absolute atomic E-state index is 0.0451. The van der Waals surface area contributed by atoms with Crippen LogP contribution in [-0.4, -0.2) is 18.5 Å². The second-order valence-corrected chi connectivity index (χ2v) is 7.30. The maximum Gasteiger partial charge on any atom is 0.224 e. The van der Waals surface area contributed by atoms with Gasteiger partial charge in [-0.3, -0.25) is 4.79 Å². The Morgan fingerprint density at radius 2 is 1.72 bits per heavy atom. The molecule has 2 aliphatic rings. The Morgan fingerprint density at radius 3 is 2.22 bits per heavy atom. The Morgan fingerprint density at radius 1 is 1.17 bits per heavy atom. The van der Waals surface area contributed by atoms with Gasteiger partial charge in [-0.2, -0.15) is 0 Å². The number of hydrogen-bond acceptors (Lipinski definition) is 2. The van der Waals surface area contributed by atoms with Gasteiger partial charge in [-0.15, -0.1) is 0 Å². The van der Waals surface area contributed by atoms with E-state index < -0.39 is 0 Å². The van der Waals surface area contributed by atoms with Crippen molar-refractivity contribution in [2.24, 2.45) is 28.4 Å². The largest absolute Gasteiger partial charge is 0.355 e. The lowest BCUT2D eigenvalue weighted by Crippen LogP contribution is -2.44. The van der Waals surface area contributed by atoms with Gasteiger partial charge in [0.15, 0.2) is 0 Å². The Hall–Kier alpha value is -0.570. The minimum atomic E-state index is 0.0451. The summed E-state index contributed by atoms with van der Waals surface area (Å²) in [5, 5.41) is 3.14. The van der Waals surface area contributed by atoms with E-state index in [4.69, 9.17) is 5.73 Å². The van der Waals surface area contributed by atoms with E-state index in [9.17, 15) is 4.79 Å². The number of amides is 1. The monoisotopic (exact) mass is 252 g/mol. The van der Waals surface area contributed by atoms with Crippen molar-refractivity contribution in [3.05, 3.63) is 0 Å². The molecule has 0 heterocycles. The molecule has 3 nitrogen and oxygen atoms in total. The third-order valence-corrected chi connectivity index (χ3v) is 5.96. The molecule has 2 aliphatic carbocycles. The molecule has 0 aliphatic heterocycles. The van der Waals surface area contributed by atoms with Gasteiger partial charge in [-0.05, 0) is 29.6 Å². The van der Waals surface area contributed by atoms with Gasteiger partial charge in [-0.25, -0.2) is 0 Å². The lowest BCUT2D eigenvalue weighted by Gasteiger charge is -2.27. The molecule has 2 saturated carbocycles. The molecule has 3 heteroatoms. The van der Waals surface area contributed by atoms with Crippen LogP contribution < -0.4 is 11.1 Å². The van der Waals surface area contributed by atoms with E-state index in [1.54, 1.807) is 0 Å². The van der Waals surface area contributed by atoms with Crippen LogP contribution >= 0.6 is 0 Å². The highest BCUT2D eigenvalue weighted by Crippen LogP contribution is 2.67. The molecule has 0 aromatic rings. The average molecular weight is 252 g/mol. The minimum Gasteiger partial charge on any atom is -0.355 e. The van der Waals surface area contributed by atoms with Gasteiger partial charge in [0.05, 0.1) is 5.92 Å². The first kappa shape index (κ1) is 13.9. The van der Waals surface area contributed by atoms with Crippen molar-refractivity contribution in [1.29, 1.82) is 0 Å². The fourth-order valence-corrected chi connectivity index (χ4v) is 3.66. The van der Waals surface area contributed by atoms with Gasteiger partial charge in [0.2, 0.25) is 5.91 Å². The van der Waals surface area contributed by atoms with Crippen molar-refractivity contribution < 1.29 is 4.79 Å². The lowest BCUT2D eigenvalue weighted by molar-refractivity contribution is -0.126. The molecule has 0 bridgehead atoms. The first-order valence-corrected chi connectivity index (χ1v) is 7.32. The van der Waals surface area contributed by atoms with Crippen molar-refractivity contribution in [2.45, 2.75) is 59.4 Å². The van der Waals surface area contributed by atoms with Gasteiger partial charge >= 0.3 is 0 Å². The number of nitrogens with one attached hydrogen (secondary N) is 1. The normalized spacial score (nSPS) is 34.1. The maximum atomic E-state index is 12.2. The van der Waals surface area contributed by atoms with Crippen molar-refractivity contribution in [3.63, 3.8) is 0 Å². The van der Waals surface area contributed by atoms with Crippen molar-refractivity contribution >= 4 is 5.91 Å². The van der Waals surface area contributed by atoms with Gasteiger partial charge in [0.25, 0.3) is 0 Å². The molecule has 1 amide bonds. The predicted molar refractivity (Wildman–Crippen MR) is 74.0 cm³/mol. The second kappa shape index (κ2) is 4.52. The van der Waals surface area contributed by atoms with Crippen LogP contribution in [0.5, 0.6) is 0 Å². The van der Waals surface area contributed by atoms with Crippen LogP contribution in [0.4, 0.5) is 0 Å². The fraction of sp³-hybridized carbons (Fsp3) is 0.933. The van der Waals surface area contributed by atoms with Crippen molar-refractivity contribution in [2.75, 3.05) is 6.54 Å². The van der Waals surface area contributed by atoms with E-state index >= 15 is 0 Å². The quantitative estimate of drug-likeness (QED) is 0.810. The smallest absolute Gasteiger partial charge is 0.224 e. The van der Waals surface area contributed by atoms with Gasteiger partial charge in [-0.1, -0.05) is 40.5 Å². The summed E-state index contributed by atoms with van der Waals surface area (Å²) in [7, 11) is 0. The van der Waals surface area contributed by atoms with Gasteiger partial charge < -0.3 is 11.1 Å². The molecule has 18 heavy (non-hydrogen) atoms. The number of rotatable bonds is 3. The summed E-state index contributed by atoms with van der Waals surface area (Å²) in [6.07, 6.45) is 4.28. The summed E-state index contributed by atoms with van der Waals surface area (Å²) >= 11 is 0. The summed E-state index contributed by atoms with van der Waals surface area (Å²) in [6.45, 7) is 9.96. The van der Waals surface area contributed by atoms with Gasteiger partial charge in [0, 0.05) is 12.6 Å². The highest BCUT2D eigenvalue weighted by Gasteiger charge is 2.64. The highest BCUT2D eigenvalue weighted by atomic mass is 16.1. The van der Waals surface area contributed by atoms with Crippen LogP contribution in [0.1, 0.15) is 53.4 Å². The fourth-order valence-electron chi connectivity index (χ4n) is 3.66. The molecule has 104 valence electrons. The highest BCUT2D eigenvalue weighted by molar-refractivity contribution is 5.79. The molecule has 0 saturated heterocycles. The van der Waals surface area contributed by atoms with Gasteiger partial charge in [0.1, 0.15) is 0 Å². The first-order valence-electron chi connectivity index (χ1n) is 7.32. The number of hydrogen-bond donors (Lipinski definition) is 2. The molecule has 0 spiro atoms. The third-order valence-electron chi connectivity index (χ3n) is 5.96. The molecule has 2 atom stereocenters. The number of carbonyl (C=O) groups excluding carboxylic acids is 1. The molecular formula is C15H28N2O. The van der Waals surface area contributed by atoms with E-state index in [0.29, 0.717) is 16.7 Å². The Balaban J connectivity index is 1.83. The van der Waals surface area contributed by atoms with Crippen LogP contribution in [0.2, 0.25) is 0 Å². The first-order chi connectivity index (χ1) is 8.28. The van der Waals surface area contributed by atoms with E-state index in [-0.39, 0.29) is 17.9 Å². The van der Waals surface area contributed by atoms with Crippen molar-refractivity contribution in [3.8, 4) is 0 Å². The Kier molecular flexibility index (Phi) is 3.48. The average Bonchev–Trinajstić information content (AvgIpc) is 2.67. The van der Waals surface area contributed by atoms with Crippen LogP contribution in [0.25, 0.3) is 0 Å². The van der Waals surface area contributed by atoms with Crippen LogP contribution in [-0.2, 0) is 4.79 Å². The zero-order valence-electron chi connectivity index (χ0n) is 12.3. The number of nitrogens with two attached hydrogens (primary N) is 1.